The van der Waals surface area contributed by atoms with Gasteiger partial charge in [0, 0.05) is 32.7 Å². The highest BCUT2D eigenvalue weighted by Gasteiger charge is 2.41. The number of carbonyl (C=O) groups is 2. The van der Waals surface area contributed by atoms with Crippen LogP contribution in [-0.2, 0) is 14.3 Å². The largest absolute Gasteiger partial charge is 0.483 e. The maximum atomic E-state index is 12.8. The number of aryl methyl sites for hydroxylation is 1. The van der Waals surface area contributed by atoms with E-state index in [9.17, 15) is 4.79 Å². The Balaban J connectivity index is 0.000000878. The molecule has 1 atom stereocenters. The lowest BCUT2D eigenvalue weighted by atomic mass is 10.0. The van der Waals surface area contributed by atoms with Crippen molar-refractivity contribution >= 4 is 23.7 Å². The van der Waals surface area contributed by atoms with E-state index in [1.807, 2.05) is 23.3 Å². The quantitative estimate of drug-likeness (QED) is 0.733. The molecule has 0 aliphatic carbocycles. The van der Waals surface area contributed by atoms with Crippen molar-refractivity contribution in [2.45, 2.75) is 12.5 Å². The van der Waals surface area contributed by atoms with Crippen molar-refractivity contribution in [3.8, 4) is 0 Å². The van der Waals surface area contributed by atoms with Crippen LogP contribution in [0.2, 0.25) is 0 Å². The van der Waals surface area contributed by atoms with Crippen LogP contribution in [0.1, 0.15) is 15.2 Å². The Hall–Kier alpha value is -1.52. The first kappa shape index (κ1) is 22.8. The average Bonchev–Trinajstić information content (AvgIpc) is 3.00. The molecular formula is C19H31N3O5S. The van der Waals surface area contributed by atoms with Crippen LogP contribution in [0.25, 0.3) is 0 Å². The highest BCUT2D eigenvalue weighted by molar-refractivity contribution is 7.12. The van der Waals surface area contributed by atoms with Crippen molar-refractivity contribution in [2.24, 2.45) is 0 Å². The molecular weight excluding hydrogens is 382 g/mol. The summed E-state index contributed by atoms with van der Waals surface area (Å²) in [5.41, 5.74) is 0.729. The topological polar surface area (TPSA) is 82.6 Å². The highest BCUT2D eigenvalue weighted by Crippen LogP contribution is 2.25. The molecule has 0 bridgehead atoms. The lowest BCUT2D eigenvalue weighted by Crippen LogP contribution is -2.60. The van der Waals surface area contributed by atoms with E-state index in [1.54, 1.807) is 0 Å². The van der Waals surface area contributed by atoms with Gasteiger partial charge in [0.2, 0.25) is 0 Å². The molecule has 1 unspecified atom stereocenters. The third-order valence-corrected chi connectivity index (χ3v) is 5.81. The summed E-state index contributed by atoms with van der Waals surface area (Å²) >= 11 is 1.52. The van der Waals surface area contributed by atoms with Crippen LogP contribution in [0.4, 0.5) is 0 Å². The number of nitrogens with zero attached hydrogens (tertiary/aromatic N) is 3. The van der Waals surface area contributed by atoms with Gasteiger partial charge in [0.15, 0.2) is 0 Å². The van der Waals surface area contributed by atoms with E-state index < -0.39 is 5.60 Å². The van der Waals surface area contributed by atoms with Crippen molar-refractivity contribution in [1.29, 1.82) is 0 Å². The zero-order valence-corrected chi connectivity index (χ0v) is 17.7. The molecule has 3 rings (SSSR count). The predicted octanol–water partition coefficient (Wildman–Crippen LogP) is 0.862. The molecule has 1 amide bonds. The standard InChI is InChI=1S/C18H29N3O3S.CH2O2/c1-15-10-16(25-11-15)17(22)21-7-9-24-18(13-21)12-20(5-4-19(2)3)6-8-23-14-18;2-1-3/h10-11H,4-9,12-14H2,1-3H3;1H,(H,2,3). The molecule has 8 nitrogen and oxygen atoms in total. The van der Waals surface area contributed by atoms with Gasteiger partial charge in [-0.2, -0.15) is 0 Å². The molecule has 2 aliphatic rings. The molecule has 1 aromatic heterocycles. The van der Waals surface area contributed by atoms with Crippen molar-refractivity contribution < 1.29 is 24.2 Å². The van der Waals surface area contributed by atoms with Gasteiger partial charge in [-0.1, -0.05) is 0 Å². The van der Waals surface area contributed by atoms with Gasteiger partial charge in [-0.3, -0.25) is 14.5 Å². The third-order valence-electron chi connectivity index (χ3n) is 4.77. The fraction of sp³-hybridized carbons (Fsp3) is 0.684. The monoisotopic (exact) mass is 413 g/mol. The smallest absolute Gasteiger partial charge is 0.290 e. The van der Waals surface area contributed by atoms with Gasteiger partial charge in [0.1, 0.15) is 5.60 Å². The van der Waals surface area contributed by atoms with E-state index in [1.165, 1.54) is 11.3 Å². The summed E-state index contributed by atoms with van der Waals surface area (Å²) in [6.07, 6.45) is 0. The summed E-state index contributed by atoms with van der Waals surface area (Å²) in [6.45, 7) is 8.58. The van der Waals surface area contributed by atoms with E-state index in [2.05, 4.69) is 23.9 Å². The van der Waals surface area contributed by atoms with Crippen LogP contribution < -0.4 is 0 Å². The van der Waals surface area contributed by atoms with Gasteiger partial charge in [0.05, 0.1) is 31.2 Å². The number of carboxylic acid groups (broad SMARTS) is 1. The minimum Gasteiger partial charge on any atom is -0.483 e. The minimum atomic E-state index is -0.414. The van der Waals surface area contributed by atoms with E-state index in [4.69, 9.17) is 19.4 Å². The lowest BCUT2D eigenvalue weighted by Gasteiger charge is -2.43. The molecule has 9 heteroatoms. The van der Waals surface area contributed by atoms with Gasteiger partial charge in [-0.05, 0) is 38.0 Å². The lowest BCUT2D eigenvalue weighted by molar-refractivity contribution is -0.133. The molecule has 158 valence electrons. The van der Waals surface area contributed by atoms with Crippen molar-refractivity contribution in [3.63, 3.8) is 0 Å². The number of carbonyl (C=O) groups excluding carboxylic acids is 1. The molecule has 2 fully saturated rings. The summed E-state index contributed by atoms with van der Waals surface area (Å²) in [5, 5.41) is 8.92. The Morgan fingerprint density at radius 2 is 2.11 bits per heavy atom. The number of rotatable bonds is 4. The van der Waals surface area contributed by atoms with Gasteiger partial charge in [0.25, 0.3) is 12.4 Å². The fourth-order valence-corrected chi connectivity index (χ4v) is 4.28. The first-order valence-corrected chi connectivity index (χ1v) is 10.3. The Morgan fingerprint density at radius 3 is 2.75 bits per heavy atom. The molecule has 0 aromatic carbocycles. The first-order valence-electron chi connectivity index (χ1n) is 9.40. The van der Waals surface area contributed by atoms with Gasteiger partial charge in [-0.15, -0.1) is 11.3 Å². The second-order valence-corrected chi connectivity index (χ2v) is 8.40. The summed E-state index contributed by atoms with van der Waals surface area (Å²) in [5.74, 6) is 0.116. The van der Waals surface area contributed by atoms with Crippen LogP contribution in [0.3, 0.4) is 0 Å². The Labute approximate surface area is 170 Å². The van der Waals surface area contributed by atoms with Crippen molar-refractivity contribution in [3.05, 3.63) is 21.9 Å². The minimum absolute atomic E-state index is 0.116. The third kappa shape index (κ3) is 6.52. The van der Waals surface area contributed by atoms with E-state index >= 15 is 0 Å². The van der Waals surface area contributed by atoms with Crippen LogP contribution in [0.5, 0.6) is 0 Å². The predicted molar refractivity (Wildman–Crippen MR) is 108 cm³/mol. The molecule has 28 heavy (non-hydrogen) atoms. The van der Waals surface area contributed by atoms with Gasteiger partial charge < -0.3 is 24.4 Å². The van der Waals surface area contributed by atoms with Crippen LogP contribution >= 0.6 is 11.3 Å². The Bertz CT molecular complexity index is 639. The molecule has 2 aliphatic heterocycles. The second kappa shape index (κ2) is 10.9. The maximum Gasteiger partial charge on any atom is 0.290 e. The van der Waals surface area contributed by atoms with Crippen LogP contribution in [-0.4, -0.2) is 111 Å². The van der Waals surface area contributed by atoms with Crippen LogP contribution in [0, 0.1) is 6.92 Å². The molecule has 3 heterocycles. The molecule has 2 saturated heterocycles. The van der Waals surface area contributed by atoms with Crippen molar-refractivity contribution in [2.75, 3.05) is 73.2 Å². The molecule has 1 spiro atoms. The molecule has 0 radical (unpaired) electrons. The summed E-state index contributed by atoms with van der Waals surface area (Å²) < 4.78 is 12.0. The Morgan fingerprint density at radius 1 is 1.36 bits per heavy atom. The number of amides is 1. The van der Waals surface area contributed by atoms with E-state index in [-0.39, 0.29) is 12.4 Å². The Kier molecular flexibility index (Phi) is 8.84. The summed E-state index contributed by atoms with van der Waals surface area (Å²) in [6, 6.07) is 1.97. The SMILES string of the molecule is Cc1csc(C(=O)N2CCOC3(COCCN(CCN(C)C)C3)C2)c1.O=CO. The number of hydrogen-bond acceptors (Lipinski definition) is 7. The van der Waals surface area contributed by atoms with E-state index in [0.717, 1.165) is 43.2 Å². The average molecular weight is 414 g/mol. The first-order chi connectivity index (χ1) is 13.4. The molecule has 0 saturated carbocycles. The highest BCUT2D eigenvalue weighted by atomic mass is 32.1. The van der Waals surface area contributed by atoms with Gasteiger partial charge in [-0.25, -0.2) is 0 Å². The zero-order valence-electron chi connectivity index (χ0n) is 16.9. The van der Waals surface area contributed by atoms with Gasteiger partial charge >= 0.3 is 0 Å². The second-order valence-electron chi connectivity index (χ2n) is 7.48. The number of morpholine rings is 1. The maximum absolute atomic E-state index is 12.8. The number of ether oxygens (including phenoxy) is 2. The fourth-order valence-electron chi connectivity index (χ4n) is 3.42. The number of thiophene rings is 1. The van der Waals surface area contributed by atoms with Crippen LogP contribution in [0.15, 0.2) is 11.4 Å². The summed E-state index contributed by atoms with van der Waals surface area (Å²) in [7, 11) is 4.18. The molecule has 1 N–H and O–H groups in total. The number of hydrogen-bond donors (Lipinski definition) is 1. The zero-order chi connectivity index (χ0) is 20.6. The number of likely N-dealkylation sites (N-methyl/N-ethyl adjacent to an activating group) is 1. The summed E-state index contributed by atoms with van der Waals surface area (Å²) in [4.78, 5) is 28.5. The van der Waals surface area contributed by atoms with E-state index in [0.29, 0.717) is 26.3 Å². The van der Waals surface area contributed by atoms with Crippen molar-refractivity contribution in [1.82, 2.24) is 14.7 Å². The normalized spacial score (nSPS) is 23.2. The molecule has 1 aromatic rings.